The maximum absolute atomic E-state index is 13.0. The molecule has 3 aromatic rings. The first-order valence-corrected chi connectivity index (χ1v) is 10.1. The van der Waals surface area contributed by atoms with Crippen LogP contribution < -0.4 is 10.6 Å². The quantitative estimate of drug-likeness (QED) is 0.527. The molecule has 2 amide bonds. The maximum Gasteiger partial charge on any atom is 0.248 e. The van der Waals surface area contributed by atoms with E-state index in [0.717, 1.165) is 28.2 Å². The summed E-state index contributed by atoms with van der Waals surface area (Å²) in [6.07, 6.45) is 5.10. The zero-order chi connectivity index (χ0) is 20.2. The fourth-order valence-corrected chi connectivity index (χ4v) is 3.73. The van der Waals surface area contributed by atoms with Crippen molar-refractivity contribution in [1.82, 2.24) is 0 Å². The van der Waals surface area contributed by atoms with Gasteiger partial charge in [0.2, 0.25) is 11.8 Å². The zero-order valence-electron chi connectivity index (χ0n) is 15.5. The summed E-state index contributed by atoms with van der Waals surface area (Å²) in [6.45, 7) is 0. The molecule has 0 unspecified atom stereocenters. The van der Waals surface area contributed by atoms with Gasteiger partial charge in [-0.15, -0.1) is 11.3 Å². The Labute approximate surface area is 172 Å². The normalized spacial score (nSPS) is 13.4. The zero-order valence-corrected chi connectivity index (χ0v) is 16.3. The van der Waals surface area contributed by atoms with Gasteiger partial charge in [-0.05, 0) is 66.9 Å². The second-order valence-electron chi connectivity index (χ2n) is 6.88. The molecule has 0 spiro atoms. The third kappa shape index (κ3) is 5.18. The highest BCUT2D eigenvalue weighted by Crippen LogP contribution is 2.31. The molecule has 1 saturated carbocycles. The fourth-order valence-electron chi connectivity index (χ4n) is 2.82. The minimum atomic E-state index is -0.265. The number of amides is 2. The Kier molecular flexibility index (Phi) is 5.53. The molecule has 2 aromatic carbocycles. The summed E-state index contributed by atoms with van der Waals surface area (Å²) < 4.78 is 13.0. The fraction of sp³-hybridized carbons (Fsp3) is 0.130. The molecule has 0 radical (unpaired) electrons. The lowest BCUT2D eigenvalue weighted by Crippen LogP contribution is -2.14. The van der Waals surface area contributed by atoms with E-state index in [9.17, 15) is 14.0 Å². The van der Waals surface area contributed by atoms with Gasteiger partial charge in [-0.3, -0.25) is 9.59 Å². The molecule has 6 heteroatoms. The van der Waals surface area contributed by atoms with Crippen LogP contribution >= 0.6 is 11.3 Å². The Morgan fingerprint density at radius 1 is 0.966 bits per heavy atom. The van der Waals surface area contributed by atoms with Crippen LogP contribution in [0.15, 0.2) is 66.7 Å². The first-order chi connectivity index (χ1) is 14.1. The molecule has 4 rings (SSSR count). The van der Waals surface area contributed by atoms with Crippen molar-refractivity contribution in [3.05, 3.63) is 77.4 Å². The van der Waals surface area contributed by atoms with Gasteiger partial charge in [-0.25, -0.2) is 4.39 Å². The monoisotopic (exact) mass is 406 g/mol. The Hall–Kier alpha value is -3.25. The van der Waals surface area contributed by atoms with Crippen molar-refractivity contribution in [3.63, 3.8) is 0 Å². The van der Waals surface area contributed by atoms with Gasteiger partial charge < -0.3 is 10.6 Å². The van der Waals surface area contributed by atoms with E-state index >= 15 is 0 Å². The van der Waals surface area contributed by atoms with Crippen molar-refractivity contribution in [3.8, 4) is 10.4 Å². The summed E-state index contributed by atoms with van der Waals surface area (Å²) in [5, 5.41) is 5.67. The molecule has 0 bridgehead atoms. The van der Waals surface area contributed by atoms with Crippen LogP contribution in [0.5, 0.6) is 0 Å². The van der Waals surface area contributed by atoms with Crippen LogP contribution in [-0.2, 0) is 9.59 Å². The molecule has 0 saturated heterocycles. The first kappa shape index (κ1) is 19.1. The number of rotatable bonds is 6. The lowest BCUT2D eigenvalue weighted by Gasteiger charge is -2.07. The molecule has 1 aliphatic rings. The topological polar surface area (TPSA) is 58.2 Å². The van der Waals surface area contributed by atoms with Crippen molar-refractivity contribution < 1.29 is 14.0 Å². The van der Waals surface area contributed by atoms with Crippen LogP contribution in [-0.4, -0.2) is 11.8 Å². The predicted molar refractivity (Wildman–Crippen MR) is 115 cm³/mol. The summed E-state index contributed by atoms with van der Waals surface area (Å²) in [5.74, 6) is -0.365. The average Bonchev–Trinajstić information content (AvgIpc) is 3.46. The van der Waals surface area contributed by atoms with E-state index in [1.54, 1.807) is 42.5 Å². The Morgan fingerprint density at radius 3 is 2.41 bits per heavy atom. The highest BCUT2D eigenvalue weighted by atomic mass is 32.1. The van der Waals surface area contributed by atoms with E-state index < -0.39 is 0 Å². The summed E-state index contributed by atoms with van der Waals surface area (Å²) >= 11 is 1.52. The molecule has 4 nitrogen and oxygen atoms in total. The van der Waals surface area contributed by atoms with Gasteiger partial charge in [0.05, 0.1) is 0 Å². The molecule has 146 valence electrons. The van der Waals surface area contributed by atoms with E-state index in [1.165, 1.54) is 29.5 Å². The number of hydrogen-bond acceptors (Lipinski definition) is 3. The van der Waals surface area contributed by atoms with Gasteiger partial charge >= 0.3 is 0 Å². The molecule has 1 fully saturated rings. The predicted octanol–water partition coefficient (Wildman–Crippen LogP) is 5.55. The molecule has 0 atom stereocenters. The largest absolute Gasteiger partial charge is 0.326 e. The Morgan fingerprint density at radius 2 is 1.69 bits per heavy atom. The van der Waals surface area contributed by atoms with E-state index in [4.69, 9.17) is 0 Å². The lowest BCUT2D eigenvalue weighted by atomic mass is 10.2. The number of carbonyl (C=O) groups excluding carboxylic acids is 2. The number of halogens is 1. The van der Waals surface area contributed by atoms with Crippen molar-refractivity contribution >= 4 is 40.6 Å². The van der Waals surface area contributed by atoms with Gasteiger partial charge in [0.15, 0.2) is 0 Å². The lowest BCUT2D eigenvalue weighted by molar-refractivity contribution is -0.117. The van der Waals surface area contributed by atoms with Crippen molar-refractivity contribution in [1.29, 1.82) is 0 Å². The maximum atomic E-state index is 13.0. The molecule has 1 aliphatic carbocycles. The standard InChI is InChI=1S/C23H19FN2O2S/c24-17-8-6-15(7-9-17)21-12-10-20(29-21)11-13-22(27)25-18-2-1-3-19(14-18)26-23(28)16-4-5-16/h1-3,6-14,16H,4-5H2,(H,25,27)(H,26,28)/b13-11+. The summed E-state index contributed by atoms with van der Waals surface area (Å²) in [4.78, 5) is 26.0. The third-order valence-electron chi connectivity index (χ3n) is 4.50. The van der Waals surface area contributed by atoms with Crippen LogP contribution in [0.4, 0.5) is 15.8 Å². The van der Waals surface area contributed by atoms with E-state index in [0.29, 0.717) is 11.4 Å². The van der Waals surface area contributed by atoms with E-state index in [1.807, 2.05) is 12.1 Å². The molecular formula is C23H19FN2O2S. The molecule has 0 aliphatic heterocycles. The van der Waals surface area contributed by atoms with Crippen LogP contribution in [0.2, 0.25) is 0 Å². The molecule has 1 heterocycles. The van der Waals surface area contributed by atoms with Crippen molar-refractivity contribution in [2.75, 3.05) is 10.6 Å². The van der Waals surface area contributed by atoms with Crippen LogP contribution in [0, 0.1) is 11.7 Å². The minimum Gasteiger partial charge on any atom is -0.326 e. The first-order valence-electron chi connectivity index (χ1n) is 9.32. The number of benzene rings is 2. The summed E-state index contributed by atoms with van der Waals surface area (Å²) in [6, 6.07) is 17.3. The van der Waals surface area contributed by atoms with Gasteiger partial charge in [-0.2, -0.15) is 0 Å². The van der Waals surface area contributed by atoms with Gasteiger partial charge in [0, 0.05) is 33.1 Å². The number of carbonyl (C=O) groups is 2. The number of anilines is 2. The summed E-state index contributed by atoms with van der Waals surface area (Å²) in [7, 11) is 0. The van der Waals surface area contributed by atoms with Gasteiger partial charge in [0.25, 0.3) is 0 Å². The van der Waals surface area contributed by atoms with E-state index in [2.05, 4.69) is 10.6 Å². The Balaban J connectivity index is 1.36. The number of nitrogens with one attached hydrogen (secondary N) is 2. The highest BCUT2D eigenvalue weighted by Gasteiger charge is 2.29. The van der Waals surface area contributed by atoms with Crippen LogP contribution in [0.3, 0.4) is 0 Å². The molecule has 2 N–H and O–H groups in total. The van der Waals surface area contributed by atoms with Crippen LogP contribution in [0.1, 0.15) is 17.7 Å². The molecule has 29 heavy (non-hydrogen) atoms. The van der Waals surface area contributed by atoms with Crippen LogP contribution in [0.25, 0.3) is 16.5 Å². The highest BCUT2D eigenvalue weighted by molar-refractivity contribution is 7.16. The second-order valence-corrected chi connectivity index (χ2v) is 7.99. The SMILES string of the molecule is O=C(/C=C/c1ccc(-c2ccc(F)cc2)s1)Nc1cccc(NC(=O)C2CC2)c1. The van der Waals surface area contributed by atoms with E-state index in [-0.39, 0.29) is 23.5 Å². The smallest absolute Gasteiger partial charge is 0.248 e. The minimum absolute atomic E-state index is 0.0306. The molecule has 1 aromatic heterocycles. The second kappa shape index (κ2) is 8.41. The Bertz CT molecular complexity index is 1070. The van der Waals surface area contributed by atoms with Gasteiger partial charge in [-0.1, -0.05) is 18.2 Å². The van der Waals surface area contributed by atoms with Crippen molar-refractivity contribution in [2.24, 2.45) is 5.92 Å². The molecular weight excluding hydrogens is 387 g/mol. The van der Waals surface area contributed by atoms with Gasteiger partial charge in [0.1, 0.15) is 5.82 Å². The average molecular weight is 406 g/mol. The van der Waals surface area contributed by atoms with Crippen molar-refractivity contribution in [2.45, 2.75) is 12.8 Å². The number of hydrogen-bond donors (Lipinski definition) is 2. The third-order valence-corrected chi connectivity index (χ3v) is 5.60. The summed E-state index contributed by atoms with van der Waals surface area (Å²) in [5.41, 5.74) is 2.22. The number of thiophene rings is 1.